The van der Waals surface area contributed by atoms with Gasteiger partial charge in [0, 0.05) is 43.1 Å². The van der Waals surface area contributed by atoms with E-state index >= 15 is 0 Å². The molecule has 0 bridgehead atoms. The highest BCUT2D eigenvalue weighted by molar-refractivity contribution is 6.29. The molecule has 0 saturated heterocycles. The van der Waals surface area contributed by atoms with E-state index in [-0.39, 0.29) is 0 Å². The van der Waals surface area contributed by atoms with Gasteiger partial charge in [-0.05, 0) is 172 Å². The zero-order valence-electron chi connectivity index (χ0n) is 42.9. The molecule has 0 atom stereocenters. The van der Waals surface area contributed by atoms with Crippen LogP contribution in [0.25, 0.3) is 186 Å². The second kappa shape index (κ2) is 16.4. The van der Waals surface area contributed by atoms with Gasteiger partial charge in [-0.1, -0.05) is 182 Å². The molecule has 4 nitrogen and oxygen atoms in total. The van der Waals surface area contributed by atoms with E-state index in [0.29, 0.717) is 0 Å². The summed E-state index contributed by atoms with van der Waals surface area (Å²) in [5, 5.41) is 18.3. The van der Waals surface area contributed by atoms with Crippen LogP contribution in [-0.2, 0) is 0 Å². The number of rotatable bonds is 5. The van der Waals surface area contributed by atoms with E-state index in [4.69, 9.17) is 17.7 Å². The minimum atomic E-state index is 0.839. The van der Waals surface area contributed by atoms with Gasteiger partial charge in [-0.25, -0.2) is 0 Å². The summed E-state index contributed by atoms with van der Waals surface area (Å²) >= 11 is 0. The molecule has 4 heteroatoms. The third kappa shape index (κ3) is 6.16. The Balaban J connectivity index is 0.849. The second-order valence-corrected chi connectivity index (χ2v) is 21.3. The van der Waals surface area contributed by atoms with Gasteiger partial charge in [-0.15, -0.1) is 0 Å². The van der Waals surface area contributed by atoms with Crippen LogP contribution in [-0.4, -0.2) is 0 Å². The van der Waals surface area contributed by atoms with E-state index in [2.05, 4.69) is 224 Å². The van der Waals surface area contributed by atoms with Crippen LogP contribution in [0.5, 0.6) is 0 Å². The summed E-state index contributed by atoms with van der Waals surface area (Å²) in [6, 6.07) is 91.7. The number of benzene rings is 14. The van der Waals surface area contributed by atoms with E-state index in [9.17, 15) is 0 Å². The Morgan fingerprint density at radius 1 is 0.163 bits per heavy atom. The van der Waals surface area contributed by atoms with Gasteiger partial charge in [0.15, 0.2) is 0 Å². The lowest BCUT2D eigenvalue weighted by Gasteiger charge is -2.19. The molecule has 0 radical (unpaired) electrons. The van der Waals surface area contributed by atoms with E-state index in [0.717, 1.165) is 127 Å². The first-order chi connectivity index (χ1) is 39.7. The van der Waals surface area contributed by atoms with Crippen molar-refractivity contribution in [2.45, 2.75) is 0 Å². The fraction of sp³-hybridized carbons (Fsp3) is 0. The molecule has 0 N–H and O–H groups in total. The summed E-state index contributed by atoms with van der Waals surface area (Å²) in [6.07, 6.45) is 0. The third-order valence-corrected chi connectivity index (χ3v) is 17.1. The van der Waals surface area contributed by atoms with Gasteiger partial charge in [-0.2, -0.15) is 0 Å². The molecule has 0 spiro atoms. The van der Waals surface area contributed by atoms with Gasteiger partial charge in [0.2, 0.25) is 0 Å². The molecule has 0 aliphatic carbocycles. The predicted octanol–water partition coefficient (Wildman–Crippen LogP) is 22.2. The Morgan fingerprint density at radius 3 is 0.988 bits per heavy atom. The minimum Gasteiger partial charge on any atom is -0.456 e. The van der Waals surface area contributed by atoms with Crippen molar-refractivity contribution in [1.82, 2.24) is 0 Å². The summed E-state index contributed by atoms with van der Waals surface area (Å²) in [7, 11) is 0. The number of fused-ring (bicyclic) bond motifs is 16. The summed E-state index contributed by atoms with van der Waals surface area (Å²) in [6.45, 7) is 0. The molecule has 370 valence electrons. The maximum Gasteiger partial charge on any atom is 0.136 e. The maximum absolute atomic E-state index is 6.99. The molecule has 14 aromatic carbocycles. The van der Waals surface area contributed by atoms with E-state index in [1.165, 1.54) is 60.0 Å². The predicted molar refractivity (Wildman–Crippen MR) is 333 cm³/mol. The summed E-state index contributed by atoms with van der Waals surface area (Å²) in [5.74, 6) is 0. The lowest BCUT2D eigenvalue weighted by molar-refractivity contribution is 0.668. The van der Waals surface area contributed by atoms with E-state index in [1.54, 1.807) is 0 Å². The van der Waals surface area contributed by atoms with Gasteiger partial charge >= 0.3 is 0 Å². The number of hydrogen-bond acceptors (Lipinski definition) is 4. The molecular weight excluding hydrogens is 977 g/mol. The highest BCUT2D eigenvalue weighted by Crippen LogP contribution is 2.51. The normalized spacial score (nSPS) is 12.2. The van der Waals surface area contributed by atoms with Crippen LogP contribution in [0.3, 0.4) is 0 Å². The molecule has 4 heterocycles. The van der Waals surface area contributed by atoms with E-state index < -0.39 is 0 Å². The van der Waals surface area contributed by atoms with Gasteiger partial charge in [0.1, 0.15) is 44.7 Å². The molecule has 0 aliphatic heterocycles. The van der Waals surface area contributed by atoms with Gasteiger partial charge in [-0.3, -0.25) is 0 Å². The Labute approximate surface area is 456 Å². The molecule has 18 aromatic rings. The zero-order valence-corrected chi connectivity index (χ0v) is 42.9. The topological polar surface area (TPSA) is 52.6 Å². The monoisotopic (exact) mass is 1020 g/mol. The van der Waals surface area contributed by atoms with E-state index in [1.807, 2.05) is 30.3 Å². The number of furan rings is 4. The summed E-state index contributed by atoms with van der Waals surface area (Å²) in [5.41, 5.74) is 18.5. The Morgan fingerprint density at radius 2 is 0.475 bits per heavy atom. The Kier molecular flexibility index (Phi) is 8.91. The van der Waals surface area contributed by atoms with Crippen molar-refractivity contribution in [3.05, 3.63) is 255 Å². The molecule has 80 heavy (non-hydrogen) atoms. The molecular formula is C76H42O4. The molecule has 0 amide bonds. The summed E-state index contributed by atoms with van der Waals surface area (Å²) in [4.78, 5) is 0. The van der Waals surface area contributed by atoms with Crippen molar-refractivity contribution in [3.8, 4) is 55.6 Å². The first kappa shape index (κ1) is 43.4. The van der Waals surface area contributed by atoms with Crippen molar-refractivity contribution in [2.75, 3.05) is 0 Å². The van der Waals surface area contributed by atoms with Crippen LogP contribution in [0.2, 0.25) is 0 Å². The number of hydrogen-bond donors (Lipinski definition) is 0. The van der Waals surface area contributed by atoms with Crippen LogP contribution in [0.1, 0.15) is 0 Å². The van der Waals surface area contributed by atoms with Crippen molar-refractivity contribution < 1.29 is 17.7 Å². The maximum atomic E-state index is 6.99. The van der Waals surface area contributed by atoms with Crippen LogP contribution >= 0.6 is 0 Å². The average molecular weight is 1020 g/mol. The average Bonchev–Trinajstić information content (AvgIpc) is 4.41. The van der Waals surface area contributed by atoms with Crippen LogP contribution in [0.15, 0.2) is 272 Å². The van der Waals surface area contributed by atoms with Crippen LogP contribution in [0, 0.1) is 0 Å². The largest absolute Gasteiger partial charge is 0.456 e. The highest BCUT2D eigenvalue weighted by atomic mass is 16.3. The second-order valence-electron chi connectivity index (χ2n) is 21.3. The first-order valence-electron chi connectivity index (χ1n) is 27.3. The lowest BCUT2D eigenvalue weighted by atomic mass is 9.84. The van der Waals surface area contributed by atoms with Crippen molar-refractivity contribution in [1.29, 1.82) is 0 Å². The quantitative estimate of drug-likeness (QED) is 0.161. The molecule has 0 fully saturated rings. The number of para-hydroxylation sites is 3. The molecule has 18 rings (SSSR count). The molecule has 0 aliphatic rings. The first-order valence-corrected chi connectivity index (χ1v) is 27.3. The smallest absolute Gasteiger partial charge is 0.136 e. The van der Waals surface area contributed by atoms with Crippen molar-refractivity contribution >= 4 is 131 Å². The van der Waals surface area contributed by atoms with Crippen LogP contribution in [0.4, 0.5) is 0 Å². The fourth-order valence-corrected chi connectivity index (χ4v) is 13.6. The SMILES string of the molecule is c1ccc2c(c1)oc1ccc(-c3c4ccccc4c(-c4ccc5oc6ccccc6c5c4)c4cc(-c5ccc6c(c5)oc5cccc(-c7c8ccccc8c(-c8cccc9oc%10ccccc%10c89)c8ccccc78)c56)ccc34)cc12. The lowest BCUT2D eigenvalue weighted by Crippen LogP contribution is -1.92. The standard InChI is InChI=1S/C76H42O4/c1-2-18-50-49(17-1)71(45-33-37-66-60(40-45)47-15-7-10-26-63(47)77-66)55-35-31-43(39-62(55)72(50)46-34-38-67-61(41-46)48-16-8-11-27-64(48)78-67)44-32-36-57-70(42-44)80-69-30-14-25-59(76(57)69)74-53-21-5-3-19-51(53)73(52-20-4-6-22-54(52)74)58-24-13-29-68-75(58)56-23-9-12-28-65(56)79-68/h1-42H. The van der Waals surface area contributed by atoms with Crippen molar-refractivity contribution in [2.24, 2.45) is 0 Å². The zero-order chi connectivity index (χ0) is 52.2. The molecule has 0 unspecified atom stereocenters. The molecule has 4 aromatic heterocycles. The highest BCUT2D eigenvalue weighted by Gasteiger charge is 2.24. The minimum absolute atomic E-state index is 0.839. The van der Waals surface area contributed by atoms with Gasteiger partial charge in [0.05, 0.1) is 0 Å². The van der Waals surface area contributed by atoms with Gasteiger partial charge in [0.25, 0.3) is 0 Å². The van der Waals surface area contributed by atoms with Crippen molar-refractivity contribution in [3.63, 3.8) is 0 Å². The third-order valence-electron chi connectivity index (χ3n) is 17.1. The Hall–Kier alpha value is -10.7. The molecule has 0 saturated carbocycles. The fourth-order valence-electron chi connectivity index (χ4n) is 13.6. The van der Waals surface area contributed by atoms with Crippen LogP contribution < -0.4 is 0 Å². The Bertz CT molecular complexity index is 5630. The van der Waals surface area contributed by atoms with Gasteiger partial charge < -0.3 is 17.7 Å². The summed E-state index contributed by atoms with van der Waals surface area (Å²) < 4.78 is 26.2.